The number of guanidine groups is 2. The van der Waals surface area contributed by atoms with Gasteiger partial charge in [0.15, 0.2) is 0 Å². The first kappa shape index (κ1) is 20.0. The Morgan fingerprint density at radius 3 is 2.50 bits per heavy atom. The maximum Gasteiger partial charge on any atom is 0.221 e. The number of para-hydroxylation sites is 1. The molecular weight excluding hydrogens is 306 g/mol. The molecule has 5 N–H and O–H groups in total. The fourth-order valence-corrected chi connectivity index (χ4v) is 1.40. The summed E-state index contributed by atoms with van der Waals surface area (Å²) in [6, 6.07) is 9.66. The summed E-state index contributed by atoms with van der Waals surface area (Å²) < 4.78 is 5.51. The van der Waals surface area contributed by atoms with Gasteiger partial charge in [-0.2, -0.15) is 4.99 Å². The molecule has 0 amide bonds. The molecule has 0 atom stereocenters. The molecule has 8 heteroatoms. The number of hydrogen-bond acceptors (Lipinski definition) is 3. The van der Waals surface area contributed by atoms with Crippen molar-refractivity contribution in [1.29, 1.82) is 0 Å². The summed E-state index contributed by atoms with van der Waals surface area (Å²) in [4.78, 5) is 13.0. The largest absolute Gasteiger partial charge is 0.494 e. The Kier molecular flexibility index (Phi) is 10.6. The number of hydrogen-bond donors (Lipinski definition) is 3. The second kappa shape index (κ2) is 11.6. The molecule has 0 saturated carbocycles. The predicted molar refractivity (Wildman–Crippen MR) is 91.3 cm³/mol. The molecule has 0 aromatic heterocycles. The van der Waals surface area contributed by atoms with E-state index in [0.29, 0.717) is 19.6 Å². The van der Waals surface area contributed by atoms with Gasteiger partial charge in [-0.1, -0.05) is 18.2 Å². The lowest BCUT2D eigenvalue weighted by Gasteiger charge is -2.07. The lowest BCUT2D eigenvalue weighted by Crippen LogP contribution is -2.34. The first-order valence-corrected chi connectivity index (χ1v) is 6.81. The summed E-state index contributed by atoms with van der Waals surface area (Å²) in [6.45, 7) is 4.79. The highest BCUT2D eigenvalue weighted by Crippen LogP contribution is 2.08. The SMILES string of the molecule is CC(C)N=C(N)/N=C(\N)NOCCCOc1ccccc1.Cl. The van der Waals surface area contributed by atoms with Gasteiger partial charge in [-0.15, -0.1) is 12.4 Å². The van der Waals surface area contributed by atoms with Crippen molar-refractivity contribution < 1.29 is 9.57 Å². The highest BCUT2D eigenvalue weighted by Gasteiger charge is 1.96. The van der Waals surface area contributed by atoms with Crippen LogP contribution in [0.3, 0.4) is 0 Å². The van der Waals surface area contributed by atoms with Crippen molar-refractivity contribution in [1.82, 2.24) is 5.48 Å². The average molecular weight is 330 g/mol. The predicted octanol–water partition coefficient (Wildman–Crippen LogP) is 1.44. The summed E-state index contributed by atoms with van der Waals surface area (Å²) in [6.07, 6.45) is 0.713. The van der Waals surface area contributed by atoms with E-state index in [2.05, 4.69) is 15.5 Å². The maximum absolute atomic E-state index is 5.58. The minimum atomic E-state index is 0. The fraction of sp³-hybridized carbons (Fsp3) is 0.429. The molecule has 0 unspecified atom stereocenters. The van der Waals surface area contributed by atoms with Crippen molar-refractivity contribution in [2.75, 3.05) is 13.2 Å². The molecule has 0 aliphatic heterocycles. The number of benzene rings is 1. The van der Waals surface area contributed by atoms with Gasteiger partial charge in [0.2, 0.25) is 11.9 Å². The Morgan fingerprint density at radius 1 is 1.18 bits per heavy atom. The van der Waals surface area contributed by atoms with Crippen LogP contribution < -0.4 is 21.7 Å². The van der Waals surface area contributed by atoms with Crippen LogP contribution in [0.25, 0.3) is 0 Å². The molecule has 1 aromatic rings. The minimum absolute atomic E-state index is 0. The first-order valence-electron chi connectivity index (χ1n) is 6.81. The summed E-state index contributed by atoms with van der Waals surface area (Å²) in [5.41, 5.74) is 13.6. The van der Waals surface area contributed by atoms with E-state index in [4.69, 9.17) is 21.0 Å². The van der Waals surface area contributed by atoms with Crippen molar-refractivity contribution in [2.45, 2.75) is 26.3 Å². The summed E-state index contributed by atoms with van der Waals surface area (Å²) in [7, 11) is 0. The molecule has 0 aliphatic carbocycles. The quantitative estimate of drug-likeness (QED) is 0.303. The first-order chi connectivity index (χ1) is 10.1. The van der Waals surface area contributed by atoms with Crippen LogP contribution in [0.5, 0.6) is 5.75 Å². The molecule has 124 valence electrons. The summed E-state index contributed by atoms with van der Waals surface area (Å²) in [5, 5.41) is 0. The third-order valence-electron chi connectivity index (χ3n) is 2.20. The second-order valence-electron chi connectivity index (χ2n) is 4.54. The zero-order chi connectivity index (χ0) is 15.5. The van der Waals surface area contributed by atoms with Crippen molar-refractivity contribution in [3.63, 3.8) is 0 Å². The normalized spacial score (nSPS) is 12.0. The molecule has 0 heterocycles. The Bertz CT molecular complexity index is 466. The molecule has 0 spiro atoms. The maximum atomic E-state index is 5.58. The molecule has 0 aliphatic rings. The number of ether oxygens (including phenoxy) is 1. The van der Waals surface area contributed by atoms with E-state index in [9.17, 15) is 0 Å². The lowest BCUT2D eigenvalue weighted by atomic mass is 10.3. The topological polar surface area (TPSA) is 107 Å². The van der Waals surface area contributed by atoms with E-state index in [0.717, 1.165) is 5.75 Å². The zero-order valence-corrected chi connectivity index (χ0v) is 13.7. The number of halogens is 1. The number of hydroxylamine groups is 1. The van der Waals surface area contributed by atoms with Crippen molar-refractivity contribution in [3.05, 3.63) is 30.3 Å². The van der Waals surface area contributed by atoms with Crippen LogP contribution in [0.1, 0.15) is 20.3 Å². The third-order valence-corrected chi connectivity index (χ3v) is 2.20. The van der Waals surface area contributed by atoms with E-state index in [1.807, 2.05) is 44.2 Å². The van der Waals surface area contributed by atoms with Gasteiger partial charge in [0.1, 0.15) is 5.75 Å². The van der Waals surface area contributed by atoms with Gasteiger partial charge >= 0.3 is 0 Å². The Morgan fingerprint density at radius 2 is 1.86 bits per heavy atom. The van der Waals surface area contributed by atoms with Gasteiger partial charge in [0.05, 0.1) is 13.2 Å². The van der Waals surface area contributed by atoms with Crippen LogP contribution in [-0.2, 0) is 4.84 Å². The van der Waals surface area contributed by atoms with Crippen molar-refractivity contribution in [3.8, 4) is 5.75 Å². The number of rotatable bonds is 7. The number of nitrogens with one attached hydrogen (secondary N) is 1. The highest BCUT2D eigenvalue weighted by molar-refractivity contribution is 5.92. The third kappa shape index (κ3) is 9.84. The smallest absolute Gasteiger partial charge is 0.221 e. The van der Waals surface area contributed by atoms with Crippen LogP contribution >= 0.6 is 12.4 Å². The van der Waals surface area contributed by atoms with Crippen molar-refractivity contribution >= 4 is 24.3 Å². The second-order valence-corrected chi connectivity index (χ2v) is 4.54. The zero-order valence-electron chi connectivity index (χ0n) is 12.9. The monoisotopic (exact) mass is 329 g/mol. The number of nitrogens with zero attached hydrogens (tertiary/aromatic N) is 2. The Labute approximate surface area is 137 Å². The van der Waals surface area contributed by atoms with Crippen LogP contribution in [0.2, 0.25) is 0 Å². The van der Waals surface area contributed by atoms with E-state index < -0.39 is 0 Å². The summed E-state index contributed by atoms with van der Waals surface area (Å²) >= 11 is 0. The van der Waals surface area contributed by atoms with Crippen molar-refractivity contribution in [2.24, 2.45) is 21.5 Å². The van der Waals surface area contributed by atoms with Crippen LogP contribution in [0.4, 0.5) is 0 Å². The average Bonchev–Trinajstić information content (AvgIpc) is 2.42. The van der Waals surface area contributed by atoms with E-state index in [1.165, 1.54) is 0 Å². The lowest BCUT2D eigenvalue weighted by molar-refractivity contribution is 0.0739. The van der Waals surface area contributed by atoms with Gasteiger partial charge in [0, 0.05) is 12.5 Å². The molecular formula is C14H24ClN5O2. The molecule has 22 heavy (non-hydrogen) atoms. The van der Waals surface area contributed by atoms with E-state index in [-0.39, 0.29) is 30.4 Å². The molecule has 0 saturated heterocycles. The van der Waals surface area contributed by atoms with Crippen LogP contribution in [0, 0.1) is 0 Å². The number of nitrogens with two attached hydrogens (primary N) is 2. The fourth-order valence-electron chi connectivity index (χ4n) is 1.40. The Hall–Kier alpha value is -1.99. The molecule has 1 rings (SSSR count). The van der Waals surface area contributed by atoms with Crippen LogP contribution in [0.15, 0.2) is 40.3 Å². The van der Waals surface area contributed by atoms with Gasteiger partial charge in [-0.3, -0.25) is 4.84 Å². The molecule has 0 fully saturated rings. The van der Waals surface area contributed by atoms with Gasteiger partial charge in [-0.05, 0) is 26.0 Å². The highest BCUT2D eigenvalue weighted by atomic mass is 35.5. The minimum Gasteiger partial charge on any atom is -0.494 e. The van der Waals surface area contributed by atoms with E-state index in [1.54, 1.807) is 0 Å². The van der Waals surface area contributed by atoms with Gasteiger partial charge in [-0.25, -0.2) is 10.5 Å². The van der Waals surface area contributed by atoms with E-state index >= 15 is 0 Å². The molecule has 1 aromatic carbocycles. The standard InChI is InChI=1S/C14H23N5O2.ClH/c1-11(2)17-13(15)18-14(16)19-21-10-6-9-20-12-7-4-3-5-8-12;/h3-5,7-8,11H,6,9-10H2,1-2H3,(H5,15,16,17,18,19);1H. The van der Waals surface area contributed by atoms with Gasteiger partial charge in [0.25, 0.3) is 0 Å². The molecule has 0 radical (unpaired) electrons. The summed E-state index contributed by atoms with van der Waals surface area (Å²) in [5.74, 6) is 1.02. The van der Waals surface area contributed by atoms with Gasteiger partial charge < -0.3 is 16.2 Å². The molecule has 7 nitrogen and oxygen atoms in total. The number of aliphatic imine (C=N–C) groups is 2. The molecule has 0 bridgehead atoms. The Balaban J connectivity index is 0.00000441. The van der Waals surface area contributed by atoms with Crippen LogP contribution in [-0.4, -0.2) is 31.2 Å².